The molecule has 20 heavy (non-hydrogen) atoms. The highest BCUT2D eigenvalue weighted by atomic mass is 32.1. The van der Waals surface area contributed by atoms with Crippen molar-refractivity contribution >= 4 is 18.1 Å². The third kappa shape index (κ3) is 4.40. The number of rotatable bonds is 7. The molecule has 0 saturated carbocycles. The molecule has 0 radical (unpaired) electrons. The largest absolute Gasteiger partial charge is 0.288 e. The molecule has 0 aromatic carbocycles. The number of carbonyl (C=O) groups is 1. The molecule has 4 nitrogen and oxygen atoms in total. The van der Waals surface area contributed by atoms with E-state index in [1.54, 1.807) is 14.0 Å². The summed E-state index contributed by atoms with van der Waals surface area (Å²) < 4.78 is 3.09. The quantitative estimate of drug-likeness (QED) is 0.570. The Balaban J connectivity index is 2.63. The van der Waals surface area contributed by atoms with Crippen molar-refractivity contribution in [2.75, 3.05) is 0 Å². The van der Waals surface area contributed by atoms with Crippen molar-refractivity contribution in [3.05, 3.63) is 26.9 Å². The molecule has 0 spiro atoms. The van der Waals surface area contributed by atoms with E-state index in [0.29, 0.717) is 12.1 Å². The van der Waals surface area contributed by atoms with Crippen LogP contribution in [0.1, 0.15) is 62.4 Å². The van der Waals surface area contributed by atoms with Gasteiger partial charge in [0.05, 0.1) is 0 Å². The Morgan fingerprint density at radius 2 is 1.80 bits per heavy atom. The van der Waals surface area contributed by atoms with E-state index in [1.165, 1.54) is 40.9 Å². The molecule has 1 aromatic heterocycles. The predicted octanol–water partition coefficient (Wildman–Crippen LogP) is 3.62. The predicted molar refractivity (Wildman–Crippen MR) is 83.9 cm³/mol. The second kappa shape index (κ2) is 8.15. The molecule has 0 unspecified atom stereocenters. The Hall–Kier alpha value is -1.23. The minimum atomic E-state index is -0.170. The second-order valence-electron chi connectivity index (χ2n) is 5.21. The van der Waals surface area contributed by atoms with E-state index in [1.807, 2.05) is 0 Å². The van der Waals surface area contributed by atoms with Gasteiger partial charge in [-0.1, -0.05) is 39.0 Å². The maximum Gasteiger partial charge on any atom is 0.254 e. The summed E-state index contributed by atoms with van der Waals surface area (Å²) in [5.41, 5.74) is 0.449. The number of nitrogens with zero attached hydrogens (tertiary/aromatic N) is 2. The van der Waals surface area contributed by atoms with Crippen LogP contribution in [-0.2, 0) is 7.05 Å². The minimum Gasteiger partial charge on any atom is -0.288 e. The molecule has 0 N–H and O–H groups in total. The Labute approximate surface area is 125 Å². The SMILES string of the molecule is CCCCCCCCC(=O)n1c(C)cc(=O)n(C)c1=S. The van der Waals surface area contributed by atoms with Crippen molar-refractivity contribution < 1.29 is 4.79 Å². The van der Waals surface area contributed by atoms with Crippen LogP contribution in [0.3, 0.4) is 0 Å². The molecule has 0 atom stereocenters. The molecule has 1 aromatic rings. The fourth-order valence-electron chi connectivity index (χ4n) is 2.21. The number of hydrogen-bond acceptors (Lipinski definition) is 3. The number of unbranched alkanes of at least 4 members (excludes halogenated alkanes) is 5. The van der Waals surface area contributed by atoms with Gasteiger partial charge >= 0.3 is 0 Å². The molecule has 1 heterocycles. The van der Waals surface area contributed by atoms with Crippen LogP contribution in [0.25, 0.3) is 0 Å². The van der Waals surface area contributed by atoms with Gasteiger partial charge in [0.1, 0.15) is 0 Å². The molecule has 112 valence electrons. The highest BCUT2D eigenvalue weighted by molar-refractivity contribution is 7.71. The summed E-state index contributed by atoms with van der Waals surface area (Å²) >= 11 is 5.19. The van der Waals surface area contributed by atoms with Gasteiger partial charge in [-0.25, -0.2) is 0 Å². The van der Waals surface area contributed by atoms with E-state index in [4.69, 9.17) is 12.2 Å². The first-order valence-corrected chi connectivity index (χ1v) is 7.72. The van der Waals surface area contributed by atoms with Gasteiger partial charge in [0.15, 0.2) is 4.77 Å². The molecule has 0 amide bonds. The molecule has 0 aliphatic carbocycles. The summed E-state index contributed by atoms with van der Waals surface area (Å²) in [6, 6.07) is 1.45. The first kappa shape index (κ1) is 16.8. The van der Waals surface area contributed by atoms with E-state index in [2.05, 4.69) is 6.92 Å². The molecular formula is C15H24N2O2S. The summed E-state index contributed by atoms with van der Waals surface area (Å²) in [7, 11) is 1.60. The van der Waals surface area contributed by atoms with Crippen LogP contribution in [0, 0.1) is 11.7 Å². The Morgan fingerprint density at radius 3 is 2.45 bits per heavy atom. The number of aryl methyl sites for hydroxylation is 1. The van der Waals surface area contributed by atoms with Gasteiger partial charge in [-0.2, -0.15) is 0 Å². The lowest BCUT2D eigenvalue weighted by Crippen LogP contribution is -2.26. The standard InChI is InChI=1S/C15H24N2O2S/c1-4-5-6-7-8-9-10-13(18)17-12(2)11-14(19)16(3)15(17)20/h11H,4-10H2,1-3H3. The summed E-state index contributed by atoms with van der Waals surface area (Å²) in [6.07, 6.45) is 7.35. The topological polar surface area (TPSA) is 44.0 Å². The van der Waals surface area contributed by atoms with Gasteiger partial charge in [0.2, 0.25) is 5.91 Å². The zero-order valence-electron chi connectivity index (χ0n) is 12.6. The van der Waals surface area contributed by atoms with E-state index < -0.39 is 0 Å². The Morgan fingerprint density at radius 1 is 1.20 bits per heavy atom. The van der Waals surface area contributed by atoms with Crippen molar-refractivity contribution in [1.82, 2.24) is 9.13 Å². The van der Waals surface area contributed by atoms with E-state index in [9.17, 15) is 9.59 Å². The lowest BCUT2D eigenvalue weighted by atomic mass is 10.1. The lowest BCUT2D eigenvalue weighted by Gasteiger charge is -2.11. The monoisotopic (exact) mass is 296 g/mol. The minimum absolute atomic E-state index is 0.0152. The van der Waals surface area contributed by atoms with Crippen LogP contribution in [-0.4, -0.2) is 15.0 Å². The van der Waals surface area contributed by atoms with Gasteiger partial charge in [0, 0.05) is 25.2 Å². The summed E-state index contributed by atoms with van der Waals surface area (Å²) in [4.78, 5) is 23.8. The number of carbonyl (C=O) groups excluding carboxylic acids is 1. The van der Waals surface area contributed by atoms with Gasteiger partial charge in [0.25, 0.3) is 5.56 Å². The first-order chi connectivity index (χ1) is 9.49. The second-order valence-corrected chi connectivity index (χ2v) is 5.58. The van der Waals surface area contributed by atoms with Crippen LogP contribution in [0.4, 0.5) is 0 Å². The third-order valence-corrected chi connectivity index (χ3v) is 3.94. The van der Waals surface area contributed by atoms with Crippen LogP contribution in [0.2, 0.25) is 0 Å². The van der Waals surface area contributed by atoms with Gasteiger partial charge < -0.3 is 0 Å². The zero-order valence-corrected chi connectivity index (χ0v) is 13.5. The smallest absolute Gasteiger partial charge is 0.254 e. The Kier molecular flexibility index (Phi) is 6.85. The van der Waals surface area contributed by atoms with Crippen molar-refractivity contribution in [2.24, 2.45) is 7.05 Å². The number of aromatic nitrogens is 2. The van der Waals surface area contributed by atoms with Crippen LogP contribution < -0.4 is 5.56 Å². The normalized spacial score (nSPS) is 10.8. The van der Waals surface area contributed by atoms with Crippen LogP contribution in [0.15, 0.2) is 10.9 Å². The average Bonchev–Trinajstić information content (AvgIpc) is 2.40. The van der Waals surface area contributed by atoms with Crippen LogP contribution >= 0.6 is 12.2 Å². The molecular weight excluding hydrogens is 272 g/mol. The van der Waals surface area contributed by atoms with Crippen molar-refractivity contribution in [1.29, 1.82) is 0 Å². The average molecular weight is 296 g/mol. The summed E-state index contributed by atoms with van der Waals surface area (Å²) in [5, 5.41) is 0. The molecule has 5 heteroatoms. The molecule has 0 aliphatic heterocycles. The van der Waals surface area contributed by atoms with Gasteiger partial charge in [-0.05, 0) is 25.6 Å². The fourth-order valence-corrected chi connectivity index (χ4v) is 2.54. The molecule has 1 rings (SSSR count). The fraction of sp³-hybridized carbons (Fsp3) is 0.667. The van der Waals surface area contributed by atoms with E-state index in [0.717, 1.165) is 12.8 Å². The summed E-state index contributed by atoms with van der Waals surface area (Å²) in [5.74, 6) is -0.0152. The van der Waals surface area contributed by atoms with E-state index in [-0.39, 0.29) is 16.2 Å². The first-order valence-electron chi connectivity index (χ1n) is 7.32. The van der Waals surface area contributed by atoms with E-state index >= 15 is 0 Å². The molecule has 0 bridgehead atoms. The van der Waals surface area contributed by atoms with Crippen LogP contribution in [0.5, 0.6) is 0 Å². The highest BCUT2D eigenvalue weighted by Gasteiger charge is 2.10. The lowest BCUT2D eigenvalue weighted by molar-refractivity contribution is 0.0891. The molecule has 0 aliphatic rings. The van der Waals surface area contributed by atoms with Crippen molar-refractivity contribution in [2.45, 2.75) is 58.8 Å². The van der Waals surface area contributed by atoms with Crippen molar-refractivity contribution in [3.63, 3.8) is 0 Å². The maximum absolute atomic E-state index is 12.2. The molecule has 0 saturated heterocycles. The highest BCUT2D eigenvalue weighted by Crippen LogP contribution is 2.09. The molecule has 0 fully saturated rings. The van der Waals surface area contributed by atoms with Crippen molar-refractivity contribution in [3.8, 4) is 0 Å². The van der Waals surface area contributed by atoms with Gasteiger partial charge in [-0.3, -0.25) is 18.7 Å². The maximum atomic E-state index is 12.2. The third-order valence-electron chi connectivity index (χ3n) is 3.49. The zero-order chi connectivity index (χ0) is 15.1. The Bertz CT molecular complexity index is 572. The number of hydrogen-bond donors (Lipinski definition) is 0. The van der Waals surface area contributed by atoms with Gasteiger partial charge in [-0.15, -0.1) is 0 Å². The summed E-state index contributed by atoms with van der Waals surface area (Å²) in [6.45, 7) is 3.93.